The minimum atomic E-state index is -0.437. The van der Waals surface area contributed by atoms with Crippen molar-refractivity contribution in [3.05, 3.63) is 27.7 Å². The second-order valence-electron chi connectivity index (χ2n) is 9.34. The van der Waals surface area contributed by atoms with Crippen LogP contribution in [0.1, 0.15) is 116 Å². The number of unbranched alkanes of at least 4 members (excludes halogenated alkanes) is 13. The van der Waals surface area contributed by atoms with Gasteiger partial charge in [-0.05, 0) is 37.0 Å². The number of ether oxygens (including phenoxy) is 3. The van der Waals surface area contributed by atoms with E-state index in [2.05, 4.69) is 13.8 Å². The quantitative estimate of drug-likeness (QED) is 0.104. The number of aryl methyl sites for hydroxylation is 1. The van der Waals surface area contributed by atoms with Crippen molar-refractivity contribution in [2.45, 2.75) is 117 Å². The van der Waals surface area contributed by atoms with Crippen LogP contribution in [0.4, 0.5) is 0 Å². The summed E-state index contributed by atoms with van der Waals surface area (Å²) in [5, 5.41) is 1.05. The smallest absolute Gasteiger partial charge is 0.344 e. The van der Waals surface area contributed by atoms with Crippen molar-refractivity contribution in [1.82, 2.24) is 0 Å². The number of hydrogen-bond donors (Lipinski definition) is 0. The largest absolute Gasteiger partial charge is 0.480 e. The summed E-state index contributed by atoms with van der Waals surface area (Å²) in [6.07, 6.45) is 20.2. The van der Waals surface area contributed by atoms with Crippen LogP contribution in [-0.2, 0) is 20.7 Å². The Balaban J connectivity index is 2.17. The summed E-state index contributed by atoms with van der Waals surface area (Å²) >= 11 is 12.7. The van der Waals surface area contributed by atoms with Crippen LogP contribution < -0.4 is 4.74 Å². The van der Waals surface area contributed by atoms with Gasteiger partial charge in [0.05, 0.1) is 11.6 Å². The summed E-state index contributed by atoms with van der Waals surface area (Å²) in [4.78, 5) is 11.9. The number of benzene rings is 1. The van der Waals surface area contributed by atoms with E-state index in [1.807, 2.05) is 6.07 Å². The Morgan fingerprint density at radius 2 is 1.26 bits per heavy atom. The van der Waals surface area contributed by atoms with Gasteiger partial charge in [-0.15, -0.1) is 0 Å². The summed E-state index contributed by atoms with van der Waals surface area (Å²) in [6.45, 7) is 5.50. The second-order valence-corrected chi connectivity index (χ2v) is 10.2. The number of hydrogen-bond acceptors (Lipinski definition) is 4. The normalized spacial score (nSPS) is 11.1. The Hall–Kier alpha value is -0.970. The molecule has 35 heavy (non-hydrogen) atoms. The van der Waals surface area contributed by atoms with Crippen molar-refractivity contribution >= 4 is 29.2 Å². The molecule has 0 aliphatic rings. The molecule has 0 fully saturated rings. The topological polar surface area (TPSA) is 44.8 Å². The van der Waals surface area contributed by atoms with Crippen LogP contribution in [-0.4, -0.2) is 32.4 Å². The van der Waals surface area contributed by atoms with E-state index >= 15 is 0 Å². The van der Waals surface area contributed by atoms with Crippen molar-refractivity contribution in [3.63, 3.8) is 0 Å². The van der Waals surface area contributed by atoms with Gasteiger partial charge >= 0.3 is 5.97 Å². The average molecular weight is 532 g/mol. The van der Waals surface area contributed by atoms with Crippen LogP contribution in [0, 0.1) is 0 Å². The highest BCUT2D eigenvalue weighted by Crippen LogP contribution is 2.32. The van der Waals surface area contributed by atoms with E-state index in [0.717, 1.165) is 31.2 Å². The van der Waals surface area contributed by atoms with Crippen LogP contribution in [0.5, 0.6) is 5.75 Å². The molecule has 0 aliphatic heterocycles. The van der Waals surface area contributed by atoms with Crippen LogP contribution in [0.2, 0.25) is 10.0 Å². The van der Waals surface area contributed by atoms with Crippen LogP contribution >= 0.6 is 23.2 Å². The van der Waals surface area contributed by atoms with Gasteiger partial charge in [0.15, 0.2) is 6.61 Å². The molecule has 0 aromatic heterocycles. The van der Waals surface area contributed by atoms with Gasteiger partial charge in [-0.1, -0.05) is 121 Å². The first-order valence-electron chi connectivity index (χ1n) is 13.9. The van der Waals surface area contributed by atoms with Crippen LogP contribution in [0.25, 0.3) is 0 Å². The minimum absolute atomic E-state index is 0.186. The summed E-state index contributed by atoms with van der Waals surface area (Å²) in [7, 11) is 0. The molecule has 6 heteroatoms. The second kappa shape index (κ2) is 22.2. The summed E-state index contributed by atoms with van der Waals surface area (Å²) in [5.74, 6) is 0.0325. The minimum Gasteiger partial charge on any atom is -0.480 e. The van der Waals surface area contributed by atoms with Crippen LogP contribution in [0.3, 0.4) is 0 Å². The zero-order valence-corrected chi connectivity index (χ0v) is 23.7. The van der Waals surface area contributed by atoms with Gasteiger partial charge in [0, 0.05) is 11.6 Å². The molecule has 1 rings (SSSR count). The zero-order valence-electron chi connectivity index (χ0n) is 22.2. The van der Waals surface area contributed by atoms with E-state index < -0.39 is 5.97 Å². The lowest BCUT2D eigenvalue weighted by molar-refractivity contribution is -0.147. The molecule has 0 bridgehead atoms. The highest BCUT2D eigenvalue weighted by molar-refractivity contribution is 6.36. The van der Waals surface area contributed by atoms with Gasteiger partial charge in [-0.25, -0.2) is 4.79 Å². The molecular weight excluding hydrogens is 483 g/mol. The molecule has 0 unspecified atom stereocenters. The van der Waals surface area contributed by atoms with Crippen molar-refractivity contribution in [3.8, 4) is 5.75 Å². The Morgan fingerprint density at radius 3 is 1.86 bits per heavy atom. The van der Waals surface area contributed by atoms with Gasteiger partial charge in [0.25, 0.3) is 0 Å². The van der Waals surface area contributed by atoms with E-state index in [0.29, 0.717) is 29.0 Å². The molecule has 0 amide bonds. The molecular formula is C29H48Cl2O4. The Bertz CT molecular complexity index is 666. The van der Waals surface area contributed by atoms with Gasteiger partial charge < -0.3 is 14.2 Å². The standard InChI is InChI=1S/C29H48Cl2O4/c1-3-5-7-8-9-10-11-12-13-14-15-16-17-18-25-22-28(27(31)23-26(25)30)35-24-29(32)34-21-20-33-19-6-4-2/h22-23H,3-21,24H2,1-2H3. The van der Waals surface area contributed by atoms with Gasteiger partial charge in [-0.2, -0.15) is 0 Å². The molecule has 1 aromatic rings. The monoisotopic (exact) mass is 530 g/mol. The number of carbonyl (C=O) groups excluding carboxylic acids is 1. The number of halogens is 2. The molecule has 0 saturated heterocycles. The number of carbonyl (C=O) groups is 1. The van der Waals surface area contributed by atoms with Crippen molar-refractivity contribution in [1.29, 1.82) is 0 Å². The zero-order chi connectivity index (χ0) is 25.6. The molecule has 4 nitrogen and oxygen atoms in total. The van der Waals surface area contributed by atoms with Crippen molar-refractivity contribution in [2.75, 3.05) is 26.4 Å². The van der Waals surface area contributed by atoms with Gasteiger partial charge in [-0.3, -0.25) is 0 Å². The third-order valence-corrected chi connectivity index (χ3v) is 6.78. The average Bonchev–Trinajstić information content (AvgIpc) is 2.84. The molecule has 202 valence electrons. The van der Waals surface area contributed by atoms with E-state index in [1.165, 1.54) is 77.0 Å². The molecule has 0 aliphatic carbocycles. The maximum atomic E-state index is 11.9. The fourth-order valence-corrected chi connectivity index (χ4v) is 4.48. The Morgan fingerprint density at radius 1 is 0.686 bits per heavy atom. The van der Waals surface area contributed by atoms with Crippen molar-refractivity contribution in [2.24, 2.45) is 0 Å². The number of esters is 1. The van der Waals surface area contributed by atoms with Gasteiger partial charge in [0.1, 0.15) is 12.4 Å². The maximum Gasteiger partial charge on any atom is 0.344 e. The lowest BCUT2D eigenvalue weighted by Crippen LogP contribution is -2.18. The van der Waals surface area contributed by atoms with E-state index in [-0.39, 0.29) is 13.2 Å². The predicted octanol–water partition coefficient (Wildman–Crippen LogP) is 9.37. The number of rotatable bonds is 23. The third kappa shape index (κ3) is 17.2. The first kappa shape index (κ1) is 32.1. The lowest BCUT2D eigenvalue weighted by Gasteiger charge is -2.12. The first-order chi connectivity index (χ1) is 17.1. The molecule has 0 radical (unpaired) electrons. The first-order valence-corrected chi connectivity index (χ1v) is 14.7. The summed E-state index contributed by atoms with van der Waals surface area (Å²) < 4.78 is 16.1. The molecule has 1 aromatic carbocycles. The highest BCUT2D eigenvalue weighted by Gasteiger charge is 2.11. The molecule has 0 heterocycles. The molecule has 0 spiro atoms. The van der Waals surface area contributed by atoms with E-state index in [1.54, 1.807) is 6.07 Å². The Labute approximate surface area is 224 Å². The molecule has 0 saturated carbocycles. The van der Waals surface area contributed by atoms with E-state index in [4.69, 9.17) is 37.4 Å². The maximum absolute atomic E-state index is 11.9. The van der Waals surface area contributed by atoms with Crippen LogP contribution in [0.15, 0.2) is 12.1 Å². The van der Waals surface area contributed by atoms with E-state index in [9.17, 15) is 4.79 Å². The lowest BCUT2D eigenvalue weighted by atomic mass is 10.0. The SMILES string of the molecule is CCCCCCCCCCCCCCCc1cc(OCC(=O)OCCOCCCC)c(Cl)cc1Cl. The molecule has 0 atom stereocenters. The van der Waals surface area contributed by atoms with Crippen molar-refractivity contribution < 1.29 is 19.0 Å². The van der Waals surface area contributed by atoms with Gasteiger partial charge in [0.2, 0.25) is 0 Å². The fraction of sp³-hybridized carbons (Fsp3) is 0.759. The third-order valence-electron chi connectivity index (χ3n) is 6.13. The Kier molecular flexibility index (Phi) is 20.4. The summed E-state index contributed by atoms with van der Waals surface area (Å²) in [5.41, 5.74) is 1.01. The molecule has 0 N–H and O–H groups in total. The fourth-order valence-electron chi connectivity index (χ4n) is 3.95. The highest BCUT2D eigenvalue weighted by atomic mass is 35.5. The summed E-state index contributed by atoms with van der Waals surface area (Å²) in [6, 6.07) is 3.55. The predicted molar refractivity (Wildman–Crippen MR) is 148 cm³/mol.